The van der Waals surface area contributed by atoms with Gasteiger partial charge in [0, 0.05) is 6.04 Å². The molecule has 1 atom stereocenters. The third-order valence-corrected chi connectivity index (χ3v) is 3.05. The van der Waals surface area contributed by atoms with Crippen molar-refractivity contribution in [2.75, 3.05) is 7.11 Å². The summed E-state index contributed by atoms with van der Waals surface area (Å²) in [6.07, 6.45) is 2.37. The number of aliphatic carboxylic acids is 1. The molecule has 0 saturated heterocycles. The summed E-state index contributed by atoms with van der Waals surface area (Å²) in [6.45, 7) is 0. The minimum absolute atomic E-state index is 0.0608. The second-order valence-corrected chi connectivity index (χ2v) is 4.30. The van der Waals surface area contributed by atoms with Gasteiger partial charge in [0.25, 0.3) is 0 Å². The highest BCUT2D eigenvalue weighted by molar-refractivity contribution is 5.78. The van der Waals surface area contributed by atoms with Gasteiger partial charge in [0.05, 0.1) is 7.11 Å². The van der Waals surface area contributed by atoms with E-state index in [1.165, 1.54) is 4.90 Å². The zero-order chi connectivity index (χ0) is 13.1. The molecule has 1 saturated carbocycles. The standard InChI is InChI=1S/C13H15NO4/c1-18-11-6-2-9(3-7-11)12(13(16)17)14(8-15)10-4-5-10/h2-3,6-8,10,12H,4-5H2,1H3,(H,16,17). The van der Waals surface area contributed by atoms with E-state index in [2.05, 4.69) is 0 Å². The van der Waals surface area contributed by atoms with E-state index in [-0.39, 0.29) is 6.04 Å². The number of amides is 1. The maximum absolute atomic E-state index is 11.4. The van der Waals surface area contributed by atoms with Crippen molar-refractivity contribution in [2.24, 2.45) is 0 Å². The van der Waals surface area contributed by atoms with Crippen LogP contribution in [-0.2, 0) is 9.59 Å². The van der Waals surface area contributed by atoms with Gasteiger partial charge in [-0.2, -0.15) is 0 Å². The predicted molar refractivity (Wildman–Crippen MR) is 64.3 cm³/mol. The number of hydrogen-bond acceptors (Lipinski definition) is 3. The fourth-order valence-corrected chi connectivity index (χ4v) is 1.96. The maximum atomic E-state index is 11.4. The van der Waals surface area contributed by atoms with E-state index >= 15 is 0 Å². The van der Waals surface area contributed by atoms with E-state index < -0.39 is 12.0 Å². The summed E-state index contributed by atoms with van der Waals surface area (Å²) in [6, 6.07) is 5.89. The highest BCUT2D eigenvalue weighted by Gasteiger charge is 2.37. The van der Waals surface area contributed by atoms with Gasteiger partial charge in [0.15, 0.2) is 6.04 Å². The number of methoxy groups -OCH3 is 1. The lowest BCUT2D eigenvalue weighted by atomic mass is 10.1. The van der Waals surface area contributed by atoms with Crippen LogP contribution in [0.4, 0.5) is 0 Å². The molecule has 5 nitrogen and oxygen atoms in total. The molecule has 1 fully saturated rings. The Kier molecular flexibility index (Phi) is 3.50. The molecule has 5 heteroatoms. The third-order valence-electron chi connectivity index (χ3n) is 3.05. The molecule has 1 amide bonds. The van der Waals surface area contributed by atoms with Gasteiger partial charge in [-0.1, -0.05) is 12.1 Å². The number of ether oxygens (including phenoxy) is 1. The largest absolute Gasteiger partial charge is 0.497 e. The fourth-order valence-electron chi connectivity index (χ4n) is 1.96. The molecule has 1 N–H and O–H groups in total. The number of carbonyl (C=O) groups is 2. The Balaban J connectivity index is 2.27. The first-order chi connectivity index (χ1) is 8.67. The van der Waals surface area contributed by atoms with E-state index in [1.54, 1.807) is 31.4 Å². The van der Waals surface area contributed by atoms with Gasteiger partial charge in [-0.3, -0.25) is 4.79 Å². The molecule has 0 aliphatic heterocycles. The molecule has 1 aromatic carbocycles. The van der Waals surface area contributed by atoms with Crippen LogP contribution in [0.1, 0.15) is 24.4 Å². The Labute approximate surface area is 105 Å². The van der Waals surface area contributed by atoms with Crippen LogP contribution in [0.15, 0.2) is 24.3 Å². The molecular formula is C13H15NO4. The molecule has 0 aromatic heterocycles. The Morgan fingerprint density at radius 3 is 2.44 bits per heavy atom. The quantitative estimate of drug-likeness (QED) is 0.775. The lowest BCUT2D eigenvalue weighted by Gasteiger charge is -2.25. The van der Waals surface area contributed by atoms with Gasteiger partial charge >= 0.3 is 5.97 Å². The zero-order valence-corrected chi connectivity index (χ0v) is 10.1. The van der Waals surface area contributed by atoms with Crippen molar-refractivity contribution in [3.8, 4) is 5.75 Å². The van der Waals surface area contributed by atoms with Crippen LogP contribution in [0.3, 0.4) is 0 Å². The number of carbonyl (C=O) groups excluding carboxylic acids is 1. The molecule has 2 rings (SSSR count). The molecule has 96 valence electrons. The number of carboxylic acid groups (broad SMARTS) is 1. The summed E-state index contributed by atoms with van der Waals surface area (Å²) in [7, 11) is 1.55. The van der Waals surface area contributed by atoms with Gasteiger partial charge in [0.1, 0.15) is 5.75 Å². The summed E-state index contributed by atoms with van der Waals surface area (Å²) >= 11 is 0. The maximum Gasteiger partial charge on any atom is 0.331 e. The Morgan fingerprint density at radius 2 is 2.06 bits per heavy atom. The summed E-state index contributed by atoms with van der Waals surface area (Å²) in [4.78, 5) is 23.8. The number of benzene rings is 1. The molecule has 1 aliphatic carbocycles. The predicted octanol–water partition coefficient (Wildman–Crippen LogP) is 1.44. The molecule has 0 radical (unpaired) electrons. The van der Waals surface area contributed by atoms with Crippen LogP contribution < -0.4 is 4.74 Å². The highest BCUT2D eigenvalue weighted by atomic mass is 16.5. The average Bonchev–Trinajstić information content (AvgIpc) is 3.20. The minimum Gasteiger partial charge on any atom is -0.497 e. The Morgan fingerprint density at radius 1 is 1.44 bits per heavy atom. The first kappa shape index (κ1) is 12.4. The van der Waals surface area contributed by atoms with Crippen LogP contribution >= 0.6 is 0 Å². The lowest BCUT2D eigenvalue weighted by Crippen LogP contribution is -2.34. The Bertz CT molecular complexity index is 439. The van der Waals surface area contributed by atoms with Crippen molar-refractivity contribution in [3.05, 3.63) is 29.8 Å². The van der Waals surface area contributed by atoms with Crippen LogP contribution in [0.25, 0.3) is 0 Å². The third kappa shape index (κ3) is 2.45. The van der Waals surface area contributed by atoms with Crippen molar-refractivity contribution in [1.29, 1.82) is 0 Å². The number of carboxylic acids is 1. The topological polar surface area (TPSA) is 66.8 Å². The van der Waals surface area contributed by atoms with E-state index in [9.17, 15) is 14.7 Å². The summed E-state index contributed by atoms with van der Waals surface area (Å²) in [5, 5.41) is 9.30. The van der Waals surface area contributed by atoms with Gasteiger partial charge < -0.3 is 14.7 Å². The number of hydrogen-bond donors (Lipinski definition) is 1. The average molecular weight is 249 g/mol. The van der Waals surface area contributed by atoms with Crippen molar-refractivity contribution in [2.45, 2.75) is 24.9 Å². The molecule has 18 heavy (non-hydrogen) atoms. The van der Waals surface area contributed by atoms with Gasteiger partial charge in [0.2, 0.25) is 6.41 Å². The second kappa shape index (κ2) is 5.08. The van der Waals surface area contributed by atoms with E-state index in [1.807, 2.05) is 0 Å². The highest BCUT2D eigenvalue weighted by Crippen LogP contribution is 2.33. The summed E-state index contributed by atoms with van der Waals surface area (Å²) in [5.41, 5.74) is 0.585. The molecule has 0 spiro atoms. The molecule has 0 heterocycles. The summed E-state index contributed by atoms with van der Waals surface area (Å²) < 4.78 is 5.03. The van der Waals surface area contributed by atoms with Crippen LogP contribution in [-0.4, -0.2) is 35.5 Å². The first-order valence-corrected chi connectivity index (χ1v) is 5.77. The molecule has 0 bridgehead atoms. The van der Waals surface area contributed by atoms with Gasteiger partial charge in [-0.25, -0.2) is 4.79 Å². The minimum atomic E-state index is -1.01. The van der Waals surface area contributed by atoms with E-state index in [0.717, 1.165) is 12.8 Å². The first-order valence-electron chi connectivity index (χ1n) is 5.77. The van der Waals surface area contributed by atoms with Gasteiger partial charge in [-0.15, -0.1) is 0 Å². The molecule has 1 unspecified atom stereocenters. The van der Waals surface area contributed by atoms with Crippen molar-refractivity contribution >= 4 is 12.4 Å². The van der Waals surface area contributed by atoms with Crippen LogP contribution in [0.2, 0.25) is 0 Å². The second-order valence-electron chi connectivity index (χ2n) is 4.30. The van der Waals surface area contributed by atoms with Crippen LogP contribution in [0.5, 0.6) is 5.75 Å². The molecular weight excluding hydrogens is 234 g/mol. The lowest BCUT2D eigenvalue weighted by molar-refractivity contribution is -0.147. The molecule has 1 aromatic rings. The fraction of sp³-hybridized carbons (Fsp3) is 0.385. The van der Waals surface area contributed by atoms with Gasteiger partial charge in [-0.05, 0) is 30.5 Å². The monoisotopic (exact) mass is 249 g/mol. The number of rotatable bonds is 6. The van der Waals surface area contributed by atoms with Crippen molar-refractivity contribution in [1.82, 2.24) is 4.90 Å². The SMILES string of the molecule is COc1ccc(C(C(=O)O)N(C=O)C2CC2)cc1. The smallest absolute Gasteiger partial charge is 0.331 e. The van der Waals surface area contributed by atoms with Crippen molar-refractivity contribution in [3.63, 3.8) is 0 Å². The van der Waals surface area contributed by atoms with Crippen molar-refractivity contribution < 1.29 is 19.4 Å². The normalized spacial score (nSPS) is 15.8. The Hall–Kier alpha value is -2.04. The zero-order valence-electron chi connectivity index (χ0n) is 10.1. The van der Waals surface area contributed by atoms with E-state index in [4.69, 9.17) is 4.74 Å². The molecule has 1 aliphatic rings. The van der Waals surface area contributed by atoms with Crippen LogP contribution in [0, 0.1) is 0 Å². The summed E-state index contributed by atoms with van der Waals surface area (Å²) in [5.74, 6) is -0.355. The van der Waals surface area contributed by atoms with E-state index in [0.29, 0.717) is 17.7 Å². The number of nitrogens with zero attached hydrogens (tertiary/aromatic N) is 1.